The van der Waals surface area contributed by atoms with Crippen LogP contribution >= 0.6 is 11.6 Å². The lowest BCUT2D eigenvalue weighted by molar-refractivity contribution is 0.282. The molecule has 1 heterocycles. The van der Waals surface area contributed by atoms with Crippen LogP contribution in [0.2, 0.25) is 0 Å². The Hall–Kier alpha value is -1.09. The van der Waals surface area contributed by atoms with Gasteiger partial charge in [0.2, 0.25) is 0 Å². The SMILES string of the molecule is CC1CCCC(n2c(C(C)Cl)nc3ccc(F)cc32)C1. The van der Waals surface area contributed by atoms with Crippen LogP contribution in [-0.4, -0.2) is 9.55 Å². The summed E-state index contributed by atoms with van der Waals surface area (Å²) in [7, 11) is 0. The quantitative estimate of drug-likeness (QED) is 0.694. The lowest BCUT2D eigenvalue weighted by atomic mass is 9.86. The summed E-state index contributed by atoms with van der Waals surface area (Å²) in [6, 6.07) is 5.19. The van der Waals surface area contributed by atoms with Gasteiger partial charge in [-0.3, -0.25) is 0 Å². The smallest absolute Gasteiger partial charge is 0.127 e. The summed E-state index contributed by atoms with van der Waals surface area (Å²) < 4.78 is 15.8. The van der Waals surface area contributed by atoms with Crippen molar-refractivity contribution in [1.29, 1.82) is 0 Å². The number of hydrogen-bond acceptors (Lipinski definition) is 1. The molecule has 0 N–H and O–H groups in total. The Kier molecular flexibility index (Phi) is 3.72. The van der Waals surface area contributed by atoms with E-state index in [0.717, 1.165) is 29.7 Å². The number of alkyl halides is 1. The number of nitrogens with zero attached hydrogens (tertiary/aromatic N) is 2. The molecule has 0 bridgehead atoms. The van der Waals surface area contributed by atoms with Crippen molar-refractivity contribution >= 4 is 22.6 Å². The van der Waals surface area contributed by atoms with E-state index in [9.17, 15) is 4.39 Å². The van der Waals surface area contributed by atoms with E-state index in [4.69, 9.17) is 11.6 Å². The molecule has 20 heavy (non-hydrogen) atoms. The Morgan fingerprint density at radius 1 is 1.40 bits per heavy atom. The molecular weight excluding hydrogens is 275 g/mol. The van der Waals surface area contributed by atoms with Gasteiger partial charge in [-0.1, -0.05) is 19.8 Å². The summed E-state index contributed by atoms with van der Waals surface area (Å²) in [6.07, 6.45) is 4.75. The Balaban J connectivity index is 2.14. The number of aromatic nitrogens is 2. The number of rotatable bonds is 2. The van der Waals surface area contributed by atoms with Crippen molar-refractivity contribution in [3.8, 4) is 0 Å². The van der Waals surface area contributed by atoms with Gasteiger partial charge in [0, 0.05) is 6.04 Å². The molecule has 3 unspecified atom stereocenters. The number of benzene rings is 1. The second kappa shape index (κ2) is 5.36. The van der Waals surface area contributed by atoms with Crippen molar-refractivity contribution in [3.05, 3.63) is 29.8 Å². The highest BCUT2D eigenvalue weighted by atomic mass is 35.5. The van der Waals surface area contributed by atoms with Gasteiger partial charge in [0.15, 0.2) is 0 Å². The minimum atomic E-state index is -0.212. The monoisotopic (exact) mass is 294 g/mol. The van der Waals surface area contributed by atoms with Crippen LogP contribution in [0.5, 0.6) is 0 Å². The van der Waals surface area contributed by atoms with Crippen LogP contribution in [0.4, 0.5) is 4.39 Å². The number of fused-ring (bicyclic) bond motifs is 1. The van der Waals surface area contributed by atoms with Gasteiger partial charge in [-0.15, -0.1) is 11.6 Å². The van der Waals surface area contributed by atoms with Crippen molar-refractivity contribution in [2.24, 2.45) is 5.92 Å². The van der Waals surface area contributed by atoms with Gasteiger partial charge in [-0.25, -0.2) is 9.37 Å². The van der Waals surface area contributed by atoms with E-state index in [1.54, 1.807) is 12.1 Å². The third-order valence-electron chi connectivity index (χ3n) is 4.31. The first-order chi connectivity index (χ1) is 9.56. The Labute approximate surface area is 123 Å². The van der Waals surface area contributed by atoms with Gasteiger partial charge in [0.1, 0.15) is 11.6 Å². The summed E-state index contributed by atoms with van der Waals surface area (Å²) in [4.78, 5) is 4.62. The zero-order chi connectivity index (χ0) is 14.3. The highest BCUT2D eigenvalue weighted by molar-refractivity contribution is 6.20. The van der Waals surface area contributed by atoms with Crippen molar-refractivity contribution in [3.63, 3.8) is 0 Å². The van der Waals surface area contributed by atoms with Crippen LogP contribution in [0.3, 0.4) is 0 Å². The van der Waals surface area contributed by atoms with Gasteiger partial charge in [-0.05, 0) is 43.9 Å². The highest BCUT2D eigenvalue weighted by Crippen LogP contribution is 2.37. The minimum absolute atomic E-state index is 0.164. The molecule has 1 fully saturated rings. The molecule has 0 aliphatic heterocycles. The van der Waals surface area contributed by atoms with Crippen LogP contribution in [-0.2, 0) is 0 Å². The van der Waals surface area contributed by atoms with Crippen LogP contribution in [0, 0.1) is 11.7 Å². The molecule has 1 aromatic carbocycles. The molecular formula is C16H20ClFN2. The average molecular weight is 295 g/mol. The van der Waals surface area contributed by atoms with E-state index >= 15 is 0 Å². The molecule has 0 spiro atoms. The topological polar surface area (TPSA) is 17.8 Å². The molecule has 0 saturated heterocycles. The van der Waals surface area contributed by atoms with Crippen LogP contribution in [0.25, 0.3) is 11.0 Å². The first-order valence-corrected chi connectivity index (χ1v) is 7.81. The van der Waals surface area contributed by atoms with Gasteiger partial charge >= 0.3 is 0 Å². The van der Waals surface area contributed by atoms with Gasteiger partial charge in [0.25, 0.3) is 0 Å². The van der Waals surface area contributed by atoms with Crippen molar-refractivity contribution < 1.29 is 4.39 Å². The molecule has 1 saturated carbocycles. The lowest BCUT2D eigenvalue weighted by Crippen LogP contribution is -2.19. The van der Waals surface area contributed by atoms with Crippen molar-refractivity contribution in [2.45, 2.75) is 50.9 Å². The van der Waals surface area contributed by atoms with E-state index in [-0.39, 0.29) is 11.2 Å². The van der Waals surface area contributed by atoms with Crippen LogP contribution < -0.4 is 0 Å². The van der Waals surface area contributed by atoms with E-state index in [2.05, 4.69) is 16.5 Å². The number of imidazole rings is 1. The van der Waals surface area contributed by atoms with E-state index in [1.165, 1.54) is 18.9 Å². The highest BCUT2D eigenvalue weighted by Gasteiger charge is 2.26. The maximum Gasteiger partial charge on any atom is 0.127 e. The lowest BCUT2D eigenvalue weighted by Gasteiger charge is -2.30. The average Bonchev–Trinajstić information content (AvgIpc) is 2.77. The van der Waals surface area contributed by atoms with Gasteiger partial charge in [0.05, 0.1) is 16.4 Å². The molecule has 2 aromatic rings. The first kappa shape index (κ1) is 13.9. The molecule has 2 nitrogen and oxygen atoms in total. The van der Waals surface area contributed by atoms with E-state index < -0.39 is 0 Å². The fraction of sp³-hybridized carbons (Fsp3) is 0.562. The molecule has 3 atom stereocenters. The minimum Gasteiger partial charge on any atom is -0.324 e. The molecule has 1 aromatic heterocycles. The number of hydrogen-bond donors (Lipinski definition) is 0. The summed E-state index contributed by atoms with van der Waals surface area (Å²) in [5.74, 6) is 1.36. The third kappa shape index (κ3) is 2.44. The molecule has 0 radical (unpaired) electrons. The molecule has 1 aliphatic carbocycles. The summed E-state index contributed by atoms with van der Waals surface area (Å²) in [5, 5.41) is -0.164. The number of halogens is 2. The zero-order valence-electron chi connectivity index (χ0n) is 11.9. The third-order valence-corrected chi connectivity index (χ3v) is 4.50. The Morgan fingerprint density at radius 2 is 2.20 bits per heavy atom. The first-order valence-electron chi connectivity index (χ1n) is 7.37. The van der Waals surface area contributed by atoms with E-state index in [0.29, 0.717) is 12.0 Å². The summed E-state index contributed by atoms with van der Waals surface area (Å²) in [5.41, 5.74) is 1.72. The van der Waals surface area contributed by atoms with Crippen molar-refractivity contribution in [1.82, 2.24) is 9.55 Å². The molecule has 0 amide bonds. The maximum absolute atomic E-state index is 13.6. The van der Waals surface area contributed by atoms with Crippen molar-refractivity contribution in [2.75, 3.05) is 0 Å². The molecule has 4 heteroatoms. The molecule has 1 aliphatic rings. The molecule has 3 rings (SSSR count). The fourth-order valence-corrected chi connectivity index (χ4v) is 3.54. The fourth-order valence-electron chi connectivity index (χ4n) is 3.39. The van der Waals surface area contributed by atoms with Gasteiger partial charge in [-0.2, -0.15) is 0 Å². The maximum atomic E-state index is 13.6. The zero-order valence-corrected chi connectivity index (χ0v) is 12.7. The second-order valence-corrected chi connectivity index (χ2v) is 6.67. The molecule has 108 valence electrons. The van der Waals surface area contributed by atoms with Crippen LogP contribution in [0.15, 0.2) is 18.2 Å². The predicted molar refractivity (Wildman–Crippen MR) is 80.6 cm³/mol. The Bertz CT molecular complexity index is 620. The summed E-state index contributed by atoms with van der Waals surface area (Å²) in [6.45, 7) is 4.22. The van der Waals surface area contributed by atoms with E-state index in [1.807, 2.05) is 6.92 Å². The van der Waals surface area contributed by atoms with Crippen LogP contribution in [0.1, 0.15) is 56.8 Å². The second-order valence-electron chi connectivity index (χ2n) is 6.01. The Morgan fingerprint density at radius 3 is 2.90 bits per heavy atom. The predicted octanol–water partition coefficient (Wildman–Crippen LogP) is 5.23. The van der Waals surface area contributed by atoms with Gasteiger partial charge < -0.3 is 4.57 Å². The summed E-state index contributed by atoms with van der Waals surface area (Å²) >= 11 is 6.30. The largest absolute Gasteiger partial charge is 0.324 e. The normalized spacial score (nSPS) is 25.0. The standard InChI is InChI=1S/C16H20ClFN2/c1-10-4-3-5-13(8-10)20-15-9-12(18)6-7-14(15)19-16(20)11(2)17/h6-7,9-11,13H,3-5,8H2,1-2H3.